The van der Waals surface area contributed by atoms with Crippen molar-refractivity contribution in [1.82, 2.24) is 14.2 Å². The summed E-state index contributed by atoms with van der Waals surface area (Å²) >= 11 is 0. The molecule has 4 aromatic carbocycles. The highest BCUT2D eigenvalue weighted by Crippen LogP contribution is 2.35. The lowest BCUT2D eigenvalue weighted by Crippen LogP contribution is -2.42. The van der Waals surface area contributed by atoms with Gasteiger partial charge in [-0.2, -0.15) is 0 Å². The number of likely N-dealkylation sites (tertiary alicyclic amines) is 1. The number of carbonyl (C=O) groups excluding carboxylic acids is 2. The van der Waals surface area contributed by atoms with Crippen LogP contribution in [0.3, 0.4) is 0 Å². The van der Waals surface area contributed by atoms with Crippen molar-refractivity contribution in [2.45, 2.75) is 56.3 Å². The fraction of sp³-hybridized carbons (Fsp3) is 0.326. The molecule has 55 heavy (non-hydrogen) atoms. The quantitative estimate of drug-likeness (QED) is 0.140. The number of sulfonamides is 1. The second-order valence-electron chi connectivity index (χ2n) is 14.1. The molecule has 0 spiro atoms. The Morgan fingerprint density at radius 1 is 0.891 bits per heavy atom. The zero-order chi connectivity index (χ0) is 38.5. The van der Waals surface area contributed by atoms with E-state index in [1.165, 1.54) is 31.9 Å². The Morgan fingerprint density at radius 3 is 2.36 bits per heavy atom. The molecule has 0 atom stereocenters. The maximum Gasteiger partial charge on any atom is 0.335 e. The number of methoxy groups -OCH3 is 2. The third kappa shape index (κ3) is 8.10. The minimum Gasteiger partial charge on any atom is -0.497 e. The van der Waals surface area contributed by atoms with Crippen LogP contribution < -0.4 is 20.1 Å². The highest BCUT2D eigenvalue weighted by atomic mass is 32.2. The molecule has 2 N–H and O–H groups in total. The standard InChI is InChI=1S/C43H47N5O6S/c1-29-13-19-38-36(27-29)41(35-11-7-8-12-37(35)45-38)44-23-26-48(55(51,52)34-17-15-33(53-2)16-18-34)43(50)46-39-20-14-32(28-40(39)54-3)42(49)47-24-21-31(22-25-47)30-9-5-4-6-10-30/h4-6,9-10,13-20,27-28,31H,7-8,11-12,21-26H2,1-3H3,(H,44,45)(H,46,50). The Bertz CT molecular complexity index is 2290. The highest BCUT2D eigenvalue weighted by Gasteiger charge is 2.31. The Hall–Kier alpha value is -5.62. The van der Waals surface area contributed by atoms with Gasteiger partial charge in [0.1, 0.15) is 11.5 Å². The van der Waals surface area contributed by atoms with Crippen molar-refractivity contribution in [1.29, 1.82) is 0 Å². The lowest BCUT2D eigenvalue weighted by Gasteiger charge is -2.32. The number of benzene rings is 4. The number of anilines is 2. The van der Waals surface area contributed by atoms with Gasteiger partial charge in [0.25, 0.3) is 15.9 Å². The van der Waals surface area contributed by atoms with Gasteiger partial charge < -0.3 is 25.0 Å². The lowest BCUT2D eigenvalue weighted by molar-refractivity contribution is 0.0712. The second kappa shape index (κ2) is 16.4. The maximum atomic E-state index is 14.2. The van der Waals surface area contributed by atoms with Crippen molar-refractivity contribution >= 4 is 44.2 Å². The van der Waals surface area contributed by atoms with Gasteiger partial charge in [0.15, 0.2) is 0 Å². The summed E-state index contributed by atoms with van der Waals surface area (Å²) in [5.74, 6) is 1.01. The first-order valence-electron chi connectivity index (χ1n) is 18.8. The zero-order valence-electron chi connectivity index (χ0n) is 31.5. The minimum absolute atomic E-state index is 0.0604. The van der Waals surface area contributed by atoms with Gasteiger partial charge in [0.05, 0.1) is 36.9 Å². The molecule has 0 unspecified atom stereocenters. The largest absolute Gasteiger partial charge is 0.497 e. The van der Waals surface area contributed by atoms with Gasteiger partial charge in [-0.15, -0.1) is 0 Å². The molecule has 7 rings (SSSR count). The number of pyridine rings is 1. The predicted octanol–water partition coefficient (Wildman–Crippen LogP) is 7.79. The van der Waals surface area contributed by atoms with Crippen LogP contribution in [-0.4, -0.2) is 74.9 Å². The van der Waals surface area contributed by atoms with Crippen LogP contribution in [0.1, 0.15) is 64.3 Å². The molecule has 1 aromatic heterocycles. The third-order valence-electron chi connectivity index (χ3n) is 10.7. The summed E-state index contributed by atoms with van der Waals surface area (Å²) < 4.78 is 40.1. The number of fused-ring (bicyclic) bond motifs is 2. The maximum absolute atomic E-state index is 14.2. The minimum atomic E-state index is -4.33. The molecule has 12 heteroatoms. The number of piperidine rings is 1. The number of rotatable bonds is 11. The number of aryl methyl sites for hydroxylation is 2. The Balaban J connectivity index is 1.11. The van der Waals surface area contributed by atoms with E-state index in [-0.39, 0.29) is 35.3 Å². The number of urea groups is 1. The molecule has 286 valence electrons. The predicted molar refractivity (Wildman–Crippen MR) is 215 cm³/mol. The summed E-state index contributed by atoms with van der Waals surface area (Å²) in [6.45, 7) is 3.25. The van der Waals surface area contributed by atoms with Crippen LogP contribution in [0.4, 0.5) is 16.2 Å². The SMILES string of the molecule is COc1ccc(S(=O)(=O)N(CCNc2c3c(nc4ccc(C)cc24)CCCC3)C(=O)Nc2ccc(C(=O)N3CCC(c4ccccc4)CC3)cc2OC)cc1. The van der Waals surface area contributed by atoms with Crippen molar-refractivity contribution in [3.8, 4) is 11.5 Å². The molecular formula is C43H47N5O6S. The molecule has 0 saturated carbocycles. The van der Waals surface area contributed by atoms with Gasteiger partial charge in [-0.25, -0.2) is 17.5 Å². The summed E-state index contributed by atoms with van der Waals surface area (Å²) in [5, 5.41) is 7.23. The molecular weight excluding hydrogens is 715 g/mol. The zero-order valence-corrected chi connectivity index (χ0v) is 32.3. The van der Waals surface area contributed by atoms with E-state index in [9.17, 15) is 18.0 Å². The fourth-order valence-electron chi connectivity index (χ4n) is 7.66. The molecule has 1 saturated heterocycles. The third-order valence-corrected chi connectivity index (χ3v) is 12.4. The molecule has 0 radical (unpaired) electrons. The van der Waals surface area contributed by atoms with E-state index in [0.29, 0.717) is 30.3 Å². The van der Waals surface area contributed by atoms with Gasteiger partial charge in [-0.1, -0.05) is 42.0 Å². The number of hydrogen-bond donors (Lipinski definition) is 2. The molecule has 2 aliphatic rings. The van der Waals surface area contributed by atoms with Gasteiger partial charge in [0.2, 0.25) is 0 Å². The highest BCUT2D eigenvalue weighted by molar-refractivity contribution is 7.89. The average Bonchev–Trinajstić information content (AvgIpc) is 3.22. The smallest absolute Gasteiger partial charge is 0.335 e. The van der Waals surface area contributed by atoms with Crippen LogP contribution in [0, 0.1) is 6.92 Å². The van der Waals surface area contributed by atoms with Crippen LogP contribution >= 0.6 is 0 Å². The molecule has 0 bridgehead atoms. The lowest BCUT2D eigenvalue weighted by atomic mass is 9.89. The average molecular weight is 762 g/mol. The molecule has 5 aromatic rings. The van der Waals surface area contributed by atoms with Crippen LogP contribution in [0.25, 0.3) is 10.9 Å². The van der Waals surface area contributed by atoms with E-state index in [0.717, 1.165) is 76.2 Å². The van der Waals surface area contributed by atoms with Crippen molar-refractivity contribution < 1.29 is 27.5 Å². The molecule has 1 aliphatic heterocycles. The van der Waals surface area contributed by atoms with E-state index >= 15 is 0 Å². The molecule has 2 heterocycles. The number of nitrogens with one attached hydrogen (secondary N) is 2. The van der Waals surface area contributed by atoms with E-state index in [1.54, 1.807) is 30.3 Å². The van der Waals surface area contributed by atoms with Crippen molar-refractivity contribution in [2.75, 3.05) is 51.0 Å². The number of carbonyl (C=O) groups is 2. The Kier molecular flexibility index (Phi) is 11.2. The van der Waals surface area contributed by atoms with Gasteiger partial charge in [-0.05, 0) is 117 Å². The van der Waals surface area contributed by atoms with E-state index < -0.39 is 16.1 Å². The number of ether oxygens (including phenoxy) is 2. The first-order chi connectivity index (χ1) is 26.7. The van der Waals surface area contributed by atoms with Crippen molar-refractivity contribution in [2.24, 2.45) is 0 Å². The molecule has 1 fully saturated rings. The van der Waals surface area contributed by atoms with Gasteiger partial charge in [-0.3, -0.25) is 9.78 Å². The first kappa shape index (κ1) is 37.7. The normalized spacial score (nSPS) is 14.6. The number of hydrogen-bond acceptors (Lipinski definition) is 8. The number of aromatic nitrogens is 1. The Labute approximate surface area is 322 Å². The molecule has 11 nitrogen and oxygen atoms in total. The molecule has 3 amide bonds. The summed E-state index contributed by atoms with van der Waals surface area (Å²) in [7, 11) is -1.39. The van der Waals surface area contributed by atoms with E-state index in [2.05, 4.69) is 28.8 Å². The monoisotopic (exact) mass is 761 g/mol. The van der Waals surface area contributed by atoms with E-state index in [4.69, 9.17) is 14.5 Å². The summed E-state index contributed by atoms with van der Waals surface area (Å²) in [5.41, 5.74) is 7.02. The number of nitrogens with zero attached hydrogens (tertiary/aromatic N) is 3. The van der Waals surface area contributed by atoms with Gasteiger partial charge in [0, 0.05) is 42.0 Å². The second-order valence-corrected chi connectivity index (χ2v) is 16.0. The fourth-order valence-corrected chi connectivity index (χ4v) is 8.99. The van der Waals surface area contributed by atoms with Crippen LogP contribution in [0.15, 0.2) is 95.9 Å². The van der Waals surface area contributed by atoms with Crippen molar-refractivity contribution in [3.63, 3.8) is 0 Å². The first-order valence-corrected chi connectivity index (χ1v) is 20.3. The number of amides is 3. The van der Waals surface area contributed by atoms with Crippen LogP contribution in [0.2, 0.25) is 0 Å². The van der Waals surface area contributed by atoms with Crippen molar-refractivity contribution in [3.05, 3.63) is 119 Å². The topological polar surface area (TPSA) is 130 Å². The van der Waals surface area contributed by atoms with E-state index in [1.807, 2.05) is 42.2 Å². The summed E-state index contributed by atoms with van der Waals surface area (Å²) in [4.78, 5) is 34.4. The summed E-state index contributed by atoms with van der Waals surface area (Å²) in [6, 6.07) is 26.4. The van der Waals surface area contributed by atoms with Crippen LogP contribution in [0.5, 0.6) is 11.5 Å². The van der Waals surface area contributed by atoms with Gasteiger partial charge >= 0.3 is 6.03 Å². The molecule has 1 aliphatic carbocycles. The van der Waals surface area contributed by atoms with Crippen LogP contribution in [-0.2, 0) is 22.9 Å². The Morgan fingerprint density at radius 2 is 1.64 bits per heavy atom. The summed E-state index contributed by atoms with van der Waals surface area (Å²) in [6.07, 6.45) is 5.60.